The van der Waals surface area contributed by atoms with Crippen LogP contribution in [0, 0.1) is 0 Å². The topological polar surface area (TPSA) is 82.1 Å². The van der Waals surface area contributed by atoms with Crippen LogP contribution in [-0.4, -0.2) is 41.8 Å². The number of nitrogens with zero attached hydrogens (tertiary/aromatic N) is 1. The van der Waals surface area contributed by atoms with Crippen molar-refractivity contribution in [2.24, 2.45) is 0 Å². The van der Waals surface area contributed by atoms with Crippen molar-refractivity contribution in [1.29, 1.82) is 0 Å². The molecule has 1 heterocycles. The molecule has 0 spiro atoms. The van der Waals surface area contributed by atoms with Gasteiger partial charge < -0.3 is 14.2 Å². The molecule has 0 unspecified atom stereocenters. The van der Waals surface area contributed by atoms with E-state index in [9.17, 15) is 14.4 Å². The zero-order valence-electron chi connectivity index (χ0n) is 20.9. The number of carbonyl (C=O) groups excluding carboxylic acids is 3. The molecule has 1 saturated heterocycles. The third-order valence-electron chi connectivity index (χ3n) is 5.70. The summed E-state index contributed by atoms with van der Waals surface area (Å²) in [6.45, 7) is 4.55. The summed E-state index contributed by atoms with van der Waals surface area (Å²) in [6, 6.07) is 19.7. The fraction of sp³-hybridized carbons (Fsp3) is 0.276. The van der Waals surface area contributed by atoms with Gasteiger partial charge in [-0.1, -0.05) is 55.8 Å². The molecule has 0 saturated carbocycles. The first-order chi connectivity index (χ1) is 18.0. The molecule has 3 aromatic carbocycles. The Hall–Kier alpha value is -3.78. The van der Waals surface area contributed by atoms with Crippen LogP contribution in [0.1, 0.15) is 37.8 Å². The van der Waals surface area contributed by atoms with Crippen molar-refractivity contribution < 1.29 is 28.6 Å². The number of amides is 2. The van der Waals surface area contributed by atoms with E-state index in [0.29, 0.717) is 30.3 Å². The standard InChI is InChI=1S/C29H29NO6S/c1-3-5-14-35-27(31)18-30-28(32)26(37-29(30)33)17-20-11-13-24(25(16-20)34-4-2)36-19-21-10-12-22-8-6-7-9-23(22)15-21/h6-13,15-17H,3-5,14,18-19H2,1-2H3/b26-17+. The van der Waals surface area contributed by atoms with E-state index in [1.165, 1.54) is 5.39 Å². The predicted octanol–water partition coefficient (Wildman–Crippen LogP) is 6.20. The lowest BCUT2D eigenvalue weighted by Gasteiger charge is -2.13. The Morgan fingerprint density at radius 2 is 1.76 bits per heavy atom. The summed E-state index contributed by atoms with van der Waals surface area (Å²) in [4.78, 5) is 38.3. The van der Waals surface area contributed by atoms with Gasteiger partial charge in [0.05, 0.1) is 18.1 Å². The van der Waals surface area contributed by atoms with E-state index < -0.39 is 23.7 Å². The zero-order valence-corrected chi connectivity index (χ0v) is 21.7. The van der Waals surface area contributed by atoms with Crippen molar-refractivity contribution >= 4 is 45.7 Å². The minimum absolute atomic E-state index is 0.235. The first-order valence-corrected chi connectivity index (χ1v) is 13.1. The maximum absolute atomic E-state index is 12.8. The maximum Gasteiger partial charge on any atom is 0.326 e. The van der Waals surface area contributed by atoms with Gasteiger partial charge in [0.25, 0.3) is 11.1 Å². The minimum atomic E-state index is -0.594. The van der Waals surface area contributed by atoms with Crippen LogP contribution in [0.3, 0.4) is 0 Å². The molecule has 2 amide bonds. The number of hydrogen-bond donors (Lipinski definition) is 0. The molecule has 3 aromatic rings. The number of benzene rings is 3. The van der Waals surface area contributed by atoms with Crippen molar-refractivity contribution in [1.82, 2.24) is 4.90 Å². The number of rotatable bonds is 11. The molecule has 0 bridgehead atoms. The summed E-state index contributed by atoms with van der Waals surface area (Å²) < 4.78 is 16.9. The highest BCUT2D eigenvalue weighted by Gasteiger charge is 2.36. The number of fused-ring (bicyclic) bond motifs is 1. The van der Waals surface area contributed by atoms with Gasteiger partial charge in [0.1, 0.15) is 13.2 Å². The second-order valence-electron chi connectivity index (χ2n) is 8.45. The summed E-state index contributed by atoms with van der Waals surface area (Å²) >= 11 is 0.797. The Morgan fingerprint density at radius 3 is 2.54 bits per heavy atom. The zero-order chi connectivity index (χ0) is 26.2. The summed E-state index contributed by atoms with van der Waals surface area (Å²) in [5, 5.41) is 1.82. The van der Waals surface area contributed by atoms with Crippen LogP contribution < -0.4 is 9.47 Å². The largest absolute Gasteiger partial charge is 0.490 e. The van der Waals surface area contributed by atoms with Crippen molar-refractivity contribution in [3.63, 3.8) is 0 Å². The van der Waals surface area contributed by atoms with Crippen LogP contribution in [0.5, 0.6) is 11.5 Å². The molecule has 1 aliphatic heterocycles. The van der Waals surface area contributed by atoms with Crippen molar-refractivity contribution in [3.05, 3.63) is 76.7 Å². The number of esters is 1. The quantitative estimate of drug-likeness (QED) is 0.170. The number of carbonyl (C=O) groups is 3. The molecule has 0 atom stereocenters. The average Bonchev–Trinajstić information content (AvgIpc) is 3.15. The molecule has 8 heteroatoms. The third kappa shape index (κ3) is 6.71. The van der Waals surface area contributed by atoms with Gasteiger partial charge in [-0.25, -0.2) is 0 Å². The molecule has 0 aliphatic carbocycles. The number of hydrogen-bond acceptors (Lipinski definition) is 7. The average molecular weight is 520 g/mol. The highest BCUT2D eigenvalue weighted by atomic mass is 32.2. The molecular formula is C29H29NO6S. The number of thioether (sulfide) groups is 1. The van der Waals surface area contributed by atoms with Crippen molar-refractivity contribution in [2.45, 2.75) is 33.3 Å². The Bertz CT molecular complexity index is 1330. The van der Waals surface area contributed by atoms with Gasteiger partial charge >= 0.3 is 5.97 Å². The lowest BCUT2D eigenvalue weighted by molar-refractivity contribution is -0.146. The Morgan fingerprint density at radius 1 is 0.946 bits per heavy atom. The fourth-order valence-electron chi connectivity index (χ4n) is 3.78. The van der Waals surface area contributed by atoms with Gasteiger partial charge in [0.2, 0.25) is 0 Å². The monoisotopic (exact) mass is 519 g/mol. The summed E-state index contributed by atoms with van der Waals surface area (Å²) in [7, 11) is 0. The van der Waals surface area contributed by atoms with E-state index in [1.807, 2.05) is 32.0 Å². The van der Waals surface area contributed by atoms with Gasteiger partial charge in [-0.05, 0) is 71.3 Å². The van der Waals surface area contributed by atoms with E-state index in [-0.39, 0.29) is 11.5 Å². The van der Waals surface area contributed by atoms with Crippen LogP contribution in [0.25, 0.3) is 16.8 Å². The molecule has 4 rings (SSSR count). The molecule has 0 aromatic heterocycles. The maximum atomic E-state index is 12.8. The van der Waals surface area contributed by atoms with Gasteiger partial charge in [-0.15, -0.1) is 0 Å². The van der Waals surface area contributed by atoms with Crippen LogP contribution in [0.15, 0.2) is 65.6 Å². The highest BCUT2D eigenvalue weighted by Crippen LogP contribution is 2.35. The third-order valence-corrected chi connectivity index (χ3v) is 6.60. The van der Waals surface area contributed by atoms with Crippen LogP contribution in [0.2, 0.25) is 0 Å². The minimum Gasteiger partial charge on any atom is -0.490 e. The van der Waals surface area contributed by atoms with Gasteiger partial charge in [0.15, 0.2) is 11.5 Å². The Balaban J connectivity index is 1.45. The molecular weight excluding hydrogens is 490 g/mol. The number of ether oxygens (including phenoxy) is 3. The first kappa shape index (κ1) is 26.3. The molecule has 0 N–H and O–H groups in total. The predicted molar refractivity (Wildman–Crippen MR) is 144 cm³/mol. The van der Waals surface area contributed by atoms with Gasteiger partial charge in [-0.3, -0.25) is 19.3 Å². The number of imide groups is 1. The second-order valence-corrected chi connectivity index (χ2v) is 9.44. The molecule has 1 fully saturated rings. The second kappa shape index (κ2) is 12.5. The Kier molecular flexibility index (Phi) is 8.85. The van der Waals surface area contributed by atoms with E-state index in [1.54, 1.807) is 24.3 Å². The summed E-state index contributed by atoms with van der Waals surface area (Å²) in [6.07, 6.45) is 3.23. The summed E-state index contributed by atoms with van der Waals surface area (Å²) in [5.41, 5.74) is 1.71. The normalized spacial score (nSPS) is 14.4. The van der Waals surface area contributed by atoms with E-state index in [4.69, 9.17) is 14.2 Å². The van der Waals surface area contributed by atoms with E-state index >= 15 is 0 Å². The smallest absolute Gasteiger partial charge is 0.326 e. The SMILES string of the molecule is CCCCOC(=O)CN1C(=O)S/C(=C/c2ccc(OCc3ccc4ccccc4c3)c(OCC)c2)C1=O. The fourth-order valence-corrected chi connectivity index (χ4v) is 4.62. The molecule has 7 nitrogen and oxygen atoms in total. The number of unbranched alkanes of at least 4 members (excludes halogenated alkanes) is 1. The lowest BCUT2D eigenvalue weighted by Crippen LogP contribution is -2.34. The van der Waals surface area contributed by atoms with Crippen molar-refractivity contribution in [3.8, 4) is 11.5 Å². The van der Waals surface area contributed by atoms with E-state index in [0.717, 1.165) is 40.5 Å². The molecule has 37 heavy (non-hydrogen) atoms. The van der Waals surface area contributed by atoms with Gasteiger partial charge in [-0.2, -0.15) is 0 Å². The Labute approximate surface area is 220 Å². The molecule has 192 valence electrons. The summed E-state index contributed by atoms with van der Waals surface area (Å²) in [5.74, 6) is 0.00596. The van der Waals surface area contributed by atoms with Crippen LogP contribution >= 0.6 is 11.8 Å². The van der Waals surface area contributed by atoms with Crippen LogP contribution in [0.4, 0.5) is 4.79 Å². The highest BCUT2D eigenvalue weighted by molar-refractivity contribution is 8.18. The van der Waals surface area contributed by atoms with Crippen molar-refractivity contribution in [2.75, 3.05) is 19.8 Å². The van der Waals surface area contributed by atoms with E-state index in [2.05, 4.69) is 24.3 Å². The first-order valence-electron chi connectivity index (χ1n) is 12.3. The van der Waals surface area contributed by atoms with Crippen LogP contribution in [-0.2, 0) is 20.9 Å². The van der Waals surface area contributed by atoms with Gasteiger partial charge in [0, 0.05) is 0 Å². The molecule has 0 radical (unpaired) electrons. The molecule has 1 aliphatic rings. The lowest BCUT2D eigenvalue weighted by atomic mass is 10.1.